The van der Waals surface area contributed by atoms with E-state index in [9.17, 15) is 15.0 Å². The fourth-order valence-corrected chi connectivity index (χ4v) is 5.56. The maximum atomic E-state index is 11.6. The van der Waals surface area contributed by atoms with Crippen LogP contribution in [0.1, 0.15) is 42.9 Å². The van der Waals surface area contributed by atoms with Gasteiger partial charge in [-0.1, -0.05) is 47.2 Å². The highest BCUT2D eigenvalue weighted by atomic mass is 35.5. The van der Waals surface area contributed by atoms with Crippen LogP contribution >= 0.6 is 34.7 Å². The Labute approximate surface area is 195 Å². The molecule has 8 heteroatoms. The number of phenolic OH excluding ortho intramolecular Hbond substituents is 1. The largest absolute Gasteiger partial charge is 0.506 e. The molecular formula is C23H29ClN2O3S2. The van der Waals surface area contributed by atoms with E-state index in [1.807, 2.05) is 30.0 Å². The molecule has 3 rings (SSSR count). The zero-order valence-corrected chi connectivity index (χ0v) is 19.8. The van der Waals surface area contributed by atoms with E-state index in [0.29, 0.717) is 22.2 Å². The van der Waals surface area contributed by atoms with Crippen molar-refractivity contribution >= 4 is 44.9 Å². The van der Waals surface area contributed by atoms with Gasteiger partial charge in [-0.2, -0.15) is 11.8 Å². The molecule has 0 bridgehead atoms. The second kappa shape index (κ2) is 12.5. The van der Waals surface area contributed by atoms with Crippen molar-refractivity contribution in [1.82, 2.24) is 10.3 Å². The van der Waals surface area contributed by atoms with E-state index in [0.717, 1.165) is 66.6 Å². The van der Waals surface area contributed by atoms with Crippen LogP contribution in [-0.4, -0.2) is 39.8 Å². The Bertz CT molecular complexity index is 1020. The summed E-state index contributed by atoms with van der Waals surface area (Å²) in [6, 6.07) is 11.2. The molecule has 1 aromatic heterocycles. The van der Waals surface area contributed by atoms with Crippen LogP contribution in [0.4, 0.5) is 0 Å². The van der Waals surface area contributed by atoms with Gasteiger partial charge in [0.05, 0.1) is 10.8 Å². The third-order valence-corrected chi connectivity index (χ3v) is 7.59. The third-order valence-electron chi connectivity index (χ3n) is 5.13. The van der Waals surface area contributed by atoms with Gasteiger partial charge in [0.15, 0.2) is 0 Å². The topological polar surface area (TPSA) is 85.4 Å². The van der Waals surface area contributed by atoms with Crippen molar-refractivity contribution in [1.29, 1.82) is 0 Å². The van der Waals surface area contributed by atoms with Crippen LogP contribution in [0.2, 0.25) is 5.02 Å². The zero-order chi connectivity index (χ0) is 22.1. The molecule has 0 fully saturated rings. The van der Waals surface area contributed by atoms with E-state index in [-0.39, 0.29) is 10.6 Å². The fraction of sp³-hybridized carbons (Fsp3) is 0.435. The van der Waals surface area contributed by atoms with Crippen molar-refractivity contribution < 1.29 is 10.2 Å². The van der Waals surface area contributed by atoms with Gasteiger partial charge in [-0.15, -0.1) is 0 Å². The van der Waals surface area contributed by atoms with Gasteiger partial charge in [-0.05, 0) is 74.4 Å². The van der Waals surface area contributed by atoms with Crippen LogP contribution in [0.15, 0.2) is 41.2 Å². The van der Waals surface area contributed by atoms with Crippen molar-refractivity contribution in [2.45, 2.75) is 38.2 Å². The lowest BCUT2D eigenvalue weighted by atomic mass is 10.0. The van der Waals surface area contributed by atoms with Crippen molar-refractivity contribution in [2.24, 2.45) is 0 Å². The lowest BCUT2D eigenvalue weighted by Gasteiger charge is -2.12. The highest BCUT2D eigenvalue weighted by Gasteiger charge is 2.15. The van der Waals surface area contributed by atoms with Crippen LogP contribution in [0, 0.1) is 0 Å². The summed E-state index contributed by atoms with van der Waals surface area (Å²) >= 11 is 9.14. The molecule has 5 nitrogen and oxygen atoms in total. The monoisotopic (exact) mass is 480 g/mol. The molecule has 1 heterocycles. The summed E-state index contributed by atoms with van der Waals surface area (Å²) in [5.41, 5.74) is 2.32. The quantitative estimate of drug-likeness (QED) is 0.255. The maximum Gasteiger partial charge on any atom is 0.305 e. The first-order chi connectivity index (χ1) is 15.1. The van der Waals surface area contributed by atoms with Crippen molar-refractivity contribution in [3.8, 4) is 5.75 Å². The number of phenols is 1. The number of benzene rings is 2. The van der Waals surface area contributed by atoms with Gasteiger partial charge in [0.2, 0.25) is 0 Å². The van der Waals surface area contributed by atoms with Gasteiger partial charge >= 0.3 is 4.87 Å². The van der Waals surface area contributed by atoms with Gasteiger partial charge in [0, 0.05) is 10.6 Å². The molecule has 0 unspecified atom stereocenters. The summed E-state index contributed by atoms with van der Waals surface area (Å²) in [4.78, 5) is 14.0. The van der Waals surface area contributed by atoms with Crippen LogP contribution in [0.5, 0.6) is 5.75 Å². The molecule has 0 saturated heterocycles. The van der Waals surface area contributed by atoms with E-state index in [2.05, 4.69) is 16.4 Å². The van der Waals surface area contributed by atoms with Crippen LogP contribution < -0.4 is 10.2 Å². The fourth-order valence-electron chi connectivity index (χ4n) is 3.45. The van der Waals surface area contributed by atoms with Gasteiger partial charge in [0.1, 0.15) is 11.3 Å². The molecule has 0 aliphatic carbocycles. The zero-order valence-electron chi connectivity index (χ0n) is 17.4. The summed E-state index contributed by atoms with van der Waals surface area (Å²) in [5.74, 6) is 2.24. The molecule has 0 aliphatic heterocycles. The number of aliphatic hydroxyl groups excluding tert-OH is 1. The van der Waals surface area contributed by atoms with Crippen molar-refractivity contribution in [3.63, 3.8) is 0 Å². The van der Waals surface area contributed by atoms with Gasteiger partial charge in [-0.25, -0.2) is 0 Å². The lowest BCUT2D eigenvalue weighted by Crippen LogP contribution is -2.19. The normalized spacial score (nSPS) is 12.5. The second-order valence-electron chi connectivity index (χ2n) is 7.46. The SMILES string of the molecule is O=c1[nH]c2c(O)ccc([C@@H](O)CCCCSCCCNCCc3ccccc3Cl)c2s1. The van der Waals surface area contributed by atoms with Crippen LogP contribution in [0.3, 0.4) is 0 Å². The average molecular weight is 481 g/mol. The number of hydrogen-bond acceptors (Lipinski definition) is 6. The van der Waals surface area contributed by atoms with Crippen LogP contribution in [-0.2, 0) is 6.42 Å². The minimum atomic E-state index is -0.623. The summed E-state index contributed by atoms with van der Waals surface area (Å²) in [6.07, 6.45) is 4.08. The Morgan fingerprint density at radius 1 is 1.10 bits per heavy atom. The minimum absolute atomic E-state index is 0.0408. The maximum absolute atomic E-state index is 11.6. The van der Waals surface area contributed by atoms with Gasteiger partial charge in [-0.3, -0.25) is 4.79 Å². The highest BCUT2D eigenvalue weighted by Crippen LogP contribution is 2.33. The molecule has 3 aromatic rings. The Balaban J connectivity index is 1.24. The summed E-state index contributed by atoms with van der Waals surface area (Å²) < 4.78 is 0.647. The first kappa shape index (κ1) is 24.1. The molecule has 4 N–H and O–H groups in total. The Morgan fingerprint density at radius 3 is 2.74 bits per heavy atom. The number of thiazole rings is 1. The van der Waals surface area contributed by atoms with Crippen LogP contribution in [0.25, 0.3) is 10.2 Å². The number of aromatic hydroxyl groups is 1. The highest BCUT2D eigenvalue weighted by molar-refractivity contribution is 7.99. The number of hydrogen-bond donors (Lipinski definition) is 4. The number of fused-ring (bicyclic) bond motifs is 1. The standard InChI is InChI=1S/C23H29ClN2O3S2/c24-18-7-2-1-6-16(18)11-13-25-12-5-15-30-14-4-3-8-19(27)17-9-10-20(28)21-22(17)31-23(29)26-21/h1-2,6-7,9-10,19,25,27-28H,3-5,8,11-15H2,(H,26,29)/t19-/m0/s1. The molecule has 0 amide bonds. The molecule has 1 atom stereocenters. The molecule has 0 aliphatic rings. The van der Waals surface area contributed by atoms with E-state index in [4.69, 9.17) is 11.6 Å². The van der Waals surface area contributed by atoms with Crippen molar-refractivity contribution in [3.05, 3.63) is 62.2 Å². The molecule has 31 heavy (non-hydrogen) atoms. The number of rotatable bonds is 13. The number of H-pyrrole nitrogens is 1. The van der Waals surface area contributed by atoms with Gasteiger partial charge < -0.3 is 20.5 Å². The third kappa shape index (κ3) is 7.26. The predicted octanol–water partition coefficient (Wildman–Crippen LogP) is 5.11. The lowest BCUT2D eigenvalue weighted by molar-refractivity contribution is 0.166. The first-order valence-corrected chi connectivity index (χ1v) is 13.0. The molecule has 0 spiro atoms. The number of aromatic amines is 1. The summed E-state index contributed by atoms with van der Waals surface area (Å²) in [7, 11) is 0. The van der Waals surface area contributed by atoms with E-state index in [1.165, 1.54) is 11.6 Å². The number of unbranched alkanes of at least 4 members (excludes halogenated alkanes) is 1. The minimum Gasteiger partial charge on any atom is -0.506 e. The molecule has 2 aromatic carbocycles. The summed E-state index contributed by atoms with van der Waals surface area (Å²) in [5, 5.41) is 24.7. The van der Waals surface area contributed by atoms with E-state index < -0.39 is 6.10 Å². The van der Waals surface area contributed by atoms with Crippen molar-refractivity contribution in [2.75, 3.05) is 24.6 Å². The smallest absolute Gasteiger partial charge is 0.305 e. The van der Waals surface area contributed by atoms with E-state index >= 15 is 0 Å². The summed E-state index contributed by atoms with van der Waals surface area (Å²) in [6.45, 7) is 1.94. The molecular weight excluding hydrogens is 452 g/mol. The number of aliphatic hydroxyl groups is 1. The number of aromatic nitrogens is 1. The molecule has 0 saturated carbocycles. The number of nitrogens with one attached hydrogen (secondary N) is 2. The predicted molar refractivity (Wildman–Crippen MR) is 133 cm³/mol. The Kier molecular flexibility index (Phi) is 9.74. The van der Waals surface area contributed by atoms with Gasteiger partial charge in [0.25, 0.3) is 0 Å². The van der Waals surface area contributed by atoms with E-state index in [1.54, 1.807) is 6.07 Å². The molecule has 0 radical (unpaired) electrons. The number of halogens is 1. The Hall–Kier alpha value is -1.51. The second-order valence-corrected chi connectivity index (χ2v) is 10.1. The average Bonchev–Trinajstić information content (AvgIpc) is 3.15. The molecule has 168 valence electrons. The first-order valence-electron chi connectivity index (χ1n) is 10.6. The number of thioether (sulfide) groups is 1. The Morgan fingerprint density at radius 2 is 1.90 bits per heavy atom.